The highest BCUT2D eigenvalue weighted by Gasteiger charge is 2.28. The normalized spacial score (nSPS) is 17.9. The zero-order chi connectivity index (χ0) is 22.5. The van der Waals surface area contributed by atoms with E-state index in [0.29, 0.717) is 12.8 Å². The lowest BCUT2D eigenvalue weighted by molar-refractivity contribution is -0.132. The molecule has 1 saturated heterocycles. The Balaban J connectivity index is 2.93. The fourth-order valence-electron chi connectivity index (χ4n) is 3.12. The van der Waals surface area contributed by atoms with E-state index in [1.165, 1.54) is 6.92 Å². The monoisotopic (exact) mass is 436 g/mol. The quantitative estimate of drug-likeness (QED) is 0.278. The van der Waals surface area contributed by atoms with Crippen molar-refractivity contribution in [1.29, 1.82) is 0 Å². The van der Waals surface area contributed by atoms with Gasteiger partial charge in [-0.15, -0.1) is 24.9 Å². The summed E-state index contributed by atoms with van der Waals surface area (Å²) >= 11 is 1.61. The van der Waals surface area contributed by atoms with Gasteiger partial charge in [0.1, 0.15) is 6.04 Å². The van der Waals surface area contributed by atoms with E-state index in [1.54, 1.807) is 24.8 Å². The smallest absolute Gasteiger partial charge is 0.244 e. The van der Waals surface area contributed by atoms with Gasteiger partial charge in [0.05, 0.1) is 6.17 Å². The average molecular weight is 437 g/mol. The first kappa shape index (κ1) is 26.0. The Labute approximate surface area is 184 Å². The minimum absolute atomic E-state index is 0.101. The minimum atomic E-state index is -0.727. The molecule has 3 atom stereocenters. The van der Waals surface area contributed by atoms with E-state index in [0.717, 1.165) is 31.5 Å². The van der Waals surface area contributed by atoms with Crippen LogP contribution in [0.25, 0.3) is 0 Å². The SMILES string of the molecule is C=CC/C(=C\SC(C)C=C)C[C@@H](NC(=O)C1CCNCC1)C(=O)N[C@H](C)NC(C)=O. The Bertz CT molecular complexity index is 644. The van der Waals surface area contributed by atoms with Gasteiger partial charge in [-0.3, -0.25) is 14.4 Å². The van der Waals surface area contributed by atoms with E-state index in [1.807, 2.05) is 18.4 Å². The third kappa shape index (κ3) is 10.1. The summed E-state index contributed by atoms with van der Waals surface area (Å²) in [5, 5.41) is 13.8. The van der Waals surface area contributed by atoms with Crippen molar-refractivity contribution in [3.63, 3.8) is 0 Å². The van der Waals surface area contributed by atoms with Gasteiger partial charge in [0.25, 0.3) is 0 Å². The molecule has 7 nitrogen and oxygen atoms in total. The first-order chi connectivity index (χ1) is 14.3. The van der Waals surface area contributed by atoms with Gasteiger partial charge in [0, 0.05) is 18.1 Å². The van der Waals surface area contributed by atoms with Gasteiger partial charge in [-0.05, 0) is 58.0 Å². The highest BCUT2D eigenvalue weighted by atomic mass is 32.2. The molecule has 0 aromatic heterocycles. The fourth-order valence-corrected chi connectivity index (χ4v) is 3.83. The van der Waals surface area contributed by atoms with Crippen molar-refractivity contribution in [2.75, 3.05) is 13.1 Å². The predicted octanol–water partition coefficient (Wildman–Crippen LogP) is 2.23. The van der Waals surface area contributed by atoms with Crippen LogP contribution in [0, 0.1) is 5.92 Å². The molecule has 1 rings (SSSR count). The topological polar surface area (TPSA) is 99.3 Å². The van der Waals surface area contributed by atoms with Crippen LogP contribution in [0.3, 0.4) is 0 Å². The van der Waals surface area contributed by atoms with Crippen molar-refractivity contribution in [3.8, 4) is 0 Å². The van der Waals surface area contributed by atoms with Crippen LogP contribution in [-0.2, 0) is 14.4 Å². The van der Waals surface area contributed by atoms with Crippen molar-refractivity contribution in [3.05, 3.63) is 36.3 Å². The van der Waals surface area contributed by atoms with Crippen LogP contribution >= 0.6 is 11.8 Å². The molecule has 30 heavy (non-hydrogen) atoms. The molecule has 1 aliphatic rings. The Morgan fingerprint density at radius 2 is 1.80 bits per heavy atom. The molecule has 4 N–H and O–H groups in total. The zero-order valence-electron chi connectivity index (χ0n) is 18.3. The molecule has 1 fully saturated rings. The summed E-state index contributed by atoms with van der Waals surface area (Å²) in [7, 11) is 0. The fraction of sp³-hybridized carbons (Fsp3) is 0.591. The summed E-state index contributed by atoms with van der Waals surface area (Å²) in [5.41, 5.74) is 1.00. The van der Waals surface area contributed by atoms with Crippen LogP contribution in [0.1, 0.15) is 46.5 Å². The van der Waals surface area contributed by atoms with Gasteiger partial charge in [0.15, 0.2) is 0 Å². The van der Waals surface area contributed by atoms with Crippen molar-refractivity contribution in [2.45, 2.75) is 63.9 Å². The summed E-state index contributed by atoms with van der Waals surface area (Å²) < 4.78 is 0. The Morgan fingerprint density at radius 3 is 2.37 bits per heavy atom. The van der Waals surface area contributed by atoms with Gasteiger partial charge < -0.3 is 21.3 Å². The second-order valence-electron chi connectivity index (χ2n) is 7.57. The van der Waals surface area contributed by atoms with Gasteiger partial charge in [-0.2, -0.15) is 0 Å². The number of allylic oxidation sites excluding steroid dienone is 1. The highest BCUT2D eigenvalue weighted by molar-refractivity contribution is 8.02. The standard InChI is InChI=1S/C22H36N4O3S/c1-6-8-18(14-30-15(3)7-2)13-20(22(29)25-16(4)24-17(5)27)26-21(28)19-9-11-23-12-10-19/h6-7,14-16,19-20,23H,1-2,8-13H2,3-5H3,(H,24,27)(H,25,29)(H,26,28)/b18-14+/t15?,16-,20-/m1/s1. The molecule has 0 aromatic rings. The van der Waals surface area contributed by atoms with E-state index in [-0.39, 0.29) is 28.9 Å². The molecule has 3 amide bonds. The van der Waals surface area contributed by atoms with Crippen molar-refractivity contribution in [1.82, 2.24) is 21.3 Å². The van der Waals surface area contributed by atoms with Crippen LogP contribution < -0.4 is 21.3 Å². The number of carbonyl (C=O) groups is 3. The maximum Gasteiger partial charge on any atom is 0.244 e. The number of piperidine rings is 1. The summed E-state index contributed by atoms with van der Waals surface area (Å²) in [6.45, 7) is 14.3. The minimum Gasteiger partial charge on any atom is -0.344 e. The number of rotatable bonds is 12. The number of nitrogens with one attached hydrogen (secondary N) is 4. The molecule has 0 bridgehead atoms. The van der Waals surface area contributed by atoms with Crippen molar-refractivity contribution >= 4 is 29.5 Å². The Kier molecular flexibility index (Phi) is 12.2. The highest BCUT2D eigenvalue weighted by Crippen LogP contribution is 2.21. The maximum absolute atomic E-state index is 12.9. The van der Waals surface area contributed by atoms with Crippen molar-refractivity contribution < 1.29 is 14.4 Å². The van der Waals surface area contributed by atoms with Crippen LogP contribution in [0.4, 0.5) is 0 Å². The van der Waals surface area contributed by atoms with Crippen LogP contribution in [0.15, 0.2) is 36.3 Å². The summed E-state index contributed by atoms with van der Waals surface area (Å²) in [6, 6.07) is -0.727. The van der Waals surface area contributed by atoms with Gasteiger partial charge in [-0.25, -0.2) is 0 Å². The lowest BCUT2D eigenvalue weighted by Crippen LogP contribution is -2.54. The lowest BCUT2D eigenvalue weighted by Gasteiger charge is -2.26. The molecule has 1 heterocycles. The first-order valence-corrected chi connectivity index (χ1v) is 11.4. The average Bonchev–Trinajstić information content (AvgIpc) is 2.71. The third-order valence-electron chi connectivity index (χ3n) is 4.78. The molecular formula is C22H36N4O3S. The Morgan fingerprint density at radius 1 is 1.13 bits per heavy atom. The molecule has 1 unspecified atom stereocenters. The molecule has 0 radical (unpaired) electrons. The van der Waals surface area contributed by atoms with Crippen LogP contribution in [0.5, 0.6) is 0 Å². The van der Waals surface area contributed by atoms with Crippen LogP contribution in [-0.4, -0.2) is 48.3 Å². The largest absolute Gasteiger partial charge is 0.344 e. The van der Waals surface area contributed by atoms with E-state index in [2.05, 4.69) is 34.4 Å². The first-order valence-electron chi connectivity index (χ1n) is 10.4. The number of hydrogen-bond acceptors (Lipinski definition) is 5. The van der Waals surface area contributed by atoms with Gasteiger partial charge in [-0.1, -0.05) is 17.7 Å². The van der Waals surface area contributed by atoms with E-state index >= 15 is 0 Å². The van der Waals surface area contributed by atoms with Crippen LogP contribution in [0.2, 0.25) is 0 Å². The molecule has 8 heteroatoms. The van der Waals surface area contributed by atoms with Gasteiger partial charge in [0.2, 0.25) is 17.7 Å². The second-order valence-corrected chi connectivity index (χ2v) is 8.82. The zero-order valence-corrected chi connectivity index (χ0v) is 19.1. The third-order valence-corrected chi connectivity index (χ3v) is 5.87. The molecule has 0 aromatic carbocycles. The second kappa shape index (κ2) is 14.0. The molecule has 1 aliphatic heterocycles. The maximum atomic E-state index is 12.9. The lowest BCUT2D eigenvalue weighted by atomic mass is 9.96. The summed E-state index contributed by atoms with van der Waals surface area (Å²) in [5.74, 6) is -0.763. The molecule has 0 saturated carbocycles. The number of amides is 3. The predicted molar refractivity (Wildman–Crippen MR) is 124 cm³/mol. The van der Waals surface area contributed by atoms with E-state index in [9.17, 15) is 14.4 Å². The molecule has 168 valence electrons. The van der Waals surface area contributed by atoms with Crippen molar-refractivity contribution in [2.24, 2.45) is 5.92 Å². The van der Waals surface area contributed by atoms with E-state index < -0.39 is 12.2 Å². The van der Waals surface area contributed by atoms with Gasteiger partial charge >= 0.3 is 0 Å². The molecule has 0 spiro atoms. The number of carbonyl (C=O) groups excluding carboxylic acids is 3. The molecule has 0 aliphatic carbocycles. The van der Waals surface area contributed by atoms with E-state index in [4.69, 9.17) is 0 Å². The number of thioether (sulfide) groups is 1. The molecular weight excluding hydrogens is 400 g/mol. The summed E-state index contributed by atoms with van der Waals surface area (Å²) in [4.78, 5) is 37.0. The number of hydrogen-bond donors (Lipinski definition) is 4. The Hall–Kier alpha value is -2.06. The summed E-state index contributed by atoms with van der Waals surface area (Å²) in [6.07, 6.45) is 5.60.